The van der Waals surface area contributed by atoms with Gasteiger partial charge < -0.3 is 14.6 Å². The minimum atomic E-state index is -1.77. The molecule has 7 nitrogen and oxygen atoms in total. The van der Waals surface area contributed by atoms with Crippen LogP contribution in [0.1, 0.15) is 22.3 Å². The van der Waals surface area contributed by atoms with E-state index in [0.717, 1.165) is 0 Å². The number of esters is 1. The van der Waals surface area contributed by atoms with E-state index in [1.165, 1.54) is 11.0 Å². The molecule has 2 aromatic carbocycles. The van der Waals surface area contributed by atoms with Crippen LogP contribution in [0.25, 0.3) is 0 Å². The van der Waals surface area contributed by atoms with Crippen LogP contribution in [-0.2, 0) is 25.5 Å². The first-order valence-electron chi connectivity index (χ1n) is 9.42. The smallest absolute Gasteiger partial charge is 0.338 e. The molecule has 1 N–H and O–H groups in total. The van der Waals surface area contributed by atoms with Crippen LogP contribution in [-0.4, -0.2) is 46.2 Å². The molecule has 0 aliphatic carbocycles. The Kier molecular flexibility index (Phi) is 5.64. The van der Waals surface area contributed by atoms with Crippen molar-refractivity contribution in [2.45, 2.75) is 24.6 Å². The van der Waals surface area contributed by atoms with Gasteiger partial charge in [-0.05, 0) is 35.9 Å². The number of fused-ring (bicyclic) bond motifs is 1. The number of hydrogen-bond acceptors (Lipinski definition) is 5. The second-order valence-electron chi connectivity index (χ2n) is 7.16. The fourth-order valence-electron chi connectivity index (χ4n) is 3.77. The number of halogens is 2. The van der Waals surface area contributed by atoms with Crippen LogP contribution in [0.2, 0.25) is 10.0 Å². The lowest BCUT2D eigenvalue weighted by Gasteiger charge is -2.40. The summed E-state index contributed by atoms with van der Waals surface area (Å²) in [5, 5.41) is 10.8. The lowest BCUT2D eigenvalue weighted by Crippen LogP contribution is -2.63. The quantitative estimate of drug-likeness (QED) is 0.520. The zero-order valence-electron chi connectivity index (χ0n) is 16.1. The lowest BCUT2D eigenvalue weighted by molar-refractivity contribution is -0.170. The summed E-state index contributed by atoms with van der Waals surface area (Å²) < 4.78 is 11.0. The van der Waals surface area contributed by atoms with Crippen molar-refractivity contribution in [1.29, 1.82) is 0 Å². The molecule has 1 amide bonds. The van der Waals surface area contributed by atoms with Crippen molar-refractivity contribution in [3.8, 4) is 0 Å². The summed E-state index contributed by atoms with van der Waals surface area (Å²) in [4.78, 5) is 38.1. The molecule has 0 saturated carbocycles. The number of ether oxygens (including phenoxy) is 2. The van der Waals surface area contributed by atoms with Gasteiger partial charge in [-0.15, -0.1) is 0 Å². The second-order valence-corrected chi connectivity index (χ2v) is 7.98. The number of aliphatic carboxylic acids is 1. The molecule has 0 aromatic heterocycles. The van der Waals surface area contributed by atoms with Crippen LogP contribution < -0.4 is 0 Å². The van der Waals surface area contributed by atoms with E-state index in [-0.39, 0.29) is 36.1 Å². The number of carboxylic acid groups (broad SMARTS) is 1. The Morgan fingerprint density at radius 1 is 1.19 bits per heavy atom. The molecule has 2 fully saturated rings. The first-order chi connectivity index (χ1) is 14.8. The van der Waals surface area contributed by atoms with Crippen molar-refractivity contribution in [1.82, 2.24) is 4.90 Å². The number of hydrogen-bond donors (Lipinski definition) is 1. The molecule has 2 saturated heterocycles. The molecule has 4 rings (SSSR count). The highest BCUT2D eigenvalue weighted by molar-refractivity contribution is 6.42. The van der Waals surface area contributed by atoms with E-state index < -0.39 is 23.7 Å². The maximum Gasteiger partial charge on any atom is 0.338 e. The number of rotatable bonds is 6. The van der Waals surface area contributed by atoms with Crippen molar-refractivity contribution in [2.75, 3.05) is 6.61 Å². The highest BCUT2D eigenvalue weighted by Gasteiger charge is 2.64. The predicted molar refractivity (Wildman–Crippen MR) is 112 cm³/mol. The van der Waals surface area contributed by atoms with E-state index in [1.54, 1.807) is 48.5 Å². The maximum atomic E-state index is 12.5. The van der Waals surface area contributed by atoms with Gasteiger partial charge in [0.05, 0.1) is 22.0 Å². The zero-order chi connectivity index (χ0) is 22.2. The number of benzene rings is 2. The van der Waals surface area contributed by atoms with Gasteiger partial charge >= 0.3 is 11.9 Å². The fraction of sp³-hybridized carbons (Fsp3) is 0.227. The Labute approximate surface area is 187 Å². The third-order valence-electron chi connectivity index (χ3n) is 5.28. The molecule has 0 radical (unpaired) electrons. The third kappa shape index (κ3) is 3.75. The molecular weight excluding hydrogens is 445 g/mol. The molecule has 0 unspecified atom stereocenters. The first-order valence-corrected chi connectivity index (χ1v) is 10.2. The zero-order valence-corrected chi connectivity index (χ0v) is 17.6. The standard InChI is InChI=1S/C22H17Cl2NO6/c23-15-7-6-13(10-16(15)24)12-22(21(28)29)17(31-19-11-18(26)25(19)22)8-9-30-20(27)14-4-2-1-3-5-14/h1-8,10,19H,9,11-12H2,(H,28,29)/b17-8-/t19-,22-/m1/s1. The summed E-state index contributed by atoms with van der Waals surface area (Å²) >= 11 is 12.0. The van der Waals surface area contributed by atoms with Gasteiger partial charge in [0.25, 0.3) is 0 Å². The van der Waals surface area contributed by atoms with Gasteiger partial charge in [-0.25, -0.2) is 9.59 Å². The third-order valence-corrected chi connectivity index (χ3v) is 6.02. The average Bonchev–Trinajstić information content (AvgIpc) is 2.99. The van der Waals surface area contributed by atoms with Crippen LogP contribution in [0.3, 0.4) is 0 Å². The Morgan fingerprint density at radius 2 is 1.94 bits per heavy atom. The summed E-state index contributed by atoms with van der Waals surface area (Å²) in [5.74, 6) is -2.10. The monoisotopic (exact) mass is 461 g/mol. The van der Waals surface area contributed by atoms with Gasteiger partial charge in [-0.1, -0.05) is 47.5 Å². The summed E-state index contributed by atoms with van der Waals surface area (Å²) in [7, 11) is 0. The summed E-state index contributed by atoms with van der Waals surface area (Å²) in [5.41, 5.74) is -0.837. The van der Waals surface area contributed by atoms with E-state index in [4.69, 9.17) is 32.7 Å². The van der Waals surface area contributed by atoms with Gasteiger partial charge in [-0.3, -0.25) is 9.69 Å². The van der Waals surface area contributed by atoms with Crippen molar-refractivity contribution in [2.24, 2.45) is 0 Å². The topological polar surface area (TPSA) is 93.1 Å². The number of carbonyl (C=O) groups is 3. The van der Waals surface area contributed by atoms with Gasteiger partial charge in [0.2, 0.25) is 11.4 Å². The first kappa shape index (κ1) is 21.2. The van der Waals surface area contributed by atoms with E-state index >= 15 is 0 Å². The van der Waals surface area contributed by atoms with Gasteiger partial charge in [0, 0.05) is 6.42 Å². The molecule has 2 aliphatic rings. The minimum Gasteiger partial charge on any atom is -0.479 e. The molecule has 0 spiro atoms. The molecule has 2 aromatic rings. The molecule has 0 bridgehead atoms. The van der Waals surface area contributed by atoms with E-state index in [1.807, 2.05) is 0 Å². The molecule has 9 heteroatoms. The van der Waals surface area contributed by atoms with Crippen molar-refractivity contribution < 1.29 is 29.0 Å². The highest BCUT2D eigenvalue weighted by atomic mass is 35.5. The van der Waals surface area contributed by atoms with Crippen LogP contribution in [0.5, 0.6) is 0 Å². The predicted octanol–water partition coefficient (Wildman–Crippen LogP) is 3.69. The summed E-state index contributed by atoms with van der Waals surface area (Å²) in [6, 6.07) is 13.2. The van der Waals surface area contributed by atoms with Crippen molar-refractivity contribution >= 4 is 41.0 Å². The highest BCUT2D eigenvalue weighted by Crippen LogP contribution is 2.46. The normalized spacial score (nSPS) is 23.2. The van der Waals surface area contributed by atoms with Gasteiger partial charge in [0.15, 0.2) is 6.23 Å². The molecule has 2 heterocycles. The minimum absolute atomic E-state index is 0.0442. The maximum absolute atomic E-state index is 12.5. The molecule has 31 heavy (non-hydrogen) atoms. The lowest BCUT2D eigenvalue weighted by atomic mass is 9.85. The second kappa shape index (κ2) is 8.24. The van der Waals surface area contributed by atoms with Crippen molar-refractivity contribution in [3.05, 3.63) is 81.5 Å². The van der Waals surface area contributed by atoms with E-state index in [0.29, 0.717) is 16.1 Å². The number of amides is 1. The summed E-state index contributed by atoms with van der Waals surface area (Å²) in [6.45, 7) is -0.214. The van der Waals surface area contributed by atoms with Crippen molar-refractivity contribution in [3.63, 3.8) is 0 Å². The van der Waals surface area contributed by atoms with Gasteiger partial charge in [-0.2, -0.15) is 0 Å². The number of nitrogens with zero attached hydrogens (tertiary/aromatic N) is 1. The largest absolute Gasteiger partial charge is 0.479 e. The van der Waals surface area contributed by atoms with Gasteiger partial charge in [0.1, 0.15) is 12.4 Å². The SMILES string of the molecule is O=C(OC/C=C1\O[C@@H]2CC(=O)N2[C@@]1(Cc1ccc(Cl)c(Cl)c1)C(=O)O)c1ccccc1. The average molecular weight is 462 g/mol. The molecular formula is C22H17Cl2NO6. The summed E-state index contributed by atoms with van der Waals surface area (Å²) in [6.07, 6.45) is 0.706. The van der Waals surface area contributed by atoms with Crippen LogP contribution in [0.15, 0.2) is 60.4 Å². The van der Waals surface area contributed by atoms with E-state index in [2.05, 4.69) is 0 Å². The van der Waals surface area contributed by atoms with Crippen LogP contribution in [0, 0.1) is 0 Å². The fourth-order valence-corrected chi connectivity index (χ4v) is 4.09. The Bertz CT molecular complexity index is 1090. The Balaban J connectivity index is 1.62. The molecule has 160 valence electrons. The van der Waals surface area contributed by atoms with Crippen LogP contribution >= 0.6 is 23.2 Å². The number of carboxylic acids is 1. The van der Waals surface area contributed by atoms with Crippen LogP contribution in [0.4, 0.5) is 0 Å². The Hall–Kier alpha value is -3.03. The molecule has 2 aliphatic heterocycles. The van der Waals surface area contributed by atoms with E-state index in [9.17, 15) is 19.5 Å². The number of carbonyl (C=O) groups excluding carboxylic acids is 2. The molecule has 2 atom stereocenters. The Morgan fingerprint density at radius 3 is 2.58 bits per heavy atom. The number of β-lactam (4-membered cyclic amide) rings is 1.